The number of aryl methyl sites for hydroxylation is 2. The van der Waals surface area contributed by atoms with E-state index in [1.165, 1.54) is 14.2 Å². The lowest BCUT2D eigenvalue weighted by atomic mass is 9.85. The predicted octanol–water partition coefficient (Wildman–Crippen LogP) is 8.39. The molecule has 2 aliphatic rings. The molecule has 3 N–H and O–H groups in total. The first-order valence-electron chi connectivity index (χ1n) is 18.0. The van der Waals surface area contributed by atoms with Crippen molar-refractivity contribution in [2.75, 3.05) is 20.8 Å². The van der Waals surface area contributed by atoms with E-state index >= 15 is 0 Å². The van der Waals surface area contributed by atoms with Crippen molar-refractivity contribution in [3.05, 3.63) is 75.4 Å². The SMILES string of the molecule is C=Cc1c(C)c2cc3nc(c(CC(=O)OC)c4[nH]c(cc5nc(cc1[nH]2)C(C)=C5CC)c(C)c4C(=O)NCCCCC)[C@@H](CCC(=O)OC)[C@@H]3C. The first-order valence-corrected chi connectivity index (χ1v) is 18.0. The quantitative estimate of drug-likeness (QED) is 0.128. The molecule has 8 bridgehead atoms. The molecule has 0 spiro atoms. The van der Waals surface area contributed by atoms with Crippen LogP contribution in [0.1, 0.15) is 133 Å². The molecule has 10 heteroatoms. The summed E-state index contributed by atoms with van der Waals surface area (Å²) in [4.78, 5) is 57.3. The minimum absolute atomic E-state index is 0.126. The van der Waals surface area contributed by atoms with E-state index in [1.807, 2.05) is 25.1 Å². The number of nitrogens with zero attached hydrogens (tertiary/aromatic N) is 2. The summed E-state index contributed by atoms with van der Waals surface area (Å²) < 4.78 is 10.2. The molecular weight excluding hydrogens is 642 g/mol. The molecule has 5 rings (SSSR count). The topological polar surface area (TPSA) is 139 Å². The lowest BCUT2D eigenvalue weighted by Gasteiger charge is -2.18. The summed E-state index contributed by atoms with van der Waals surface area (Å²) in [5.41, 5.74) is 12.0. The van der Waals surface area contributed by atoms with Crippen LogP contribution in [-0.2, 0) is 25.5 Å². The lowest BCUT2D eigenvalue weighted by molar-refractivity contribution is -0.141. The second-order valence-electron chi connectivity index (χ2n) is 13.5. The van der Waals surface area contributed by atoms with Gasteiger partial charge in [-0.2, -0.15) is 0 Å². The van der Waals surface area contributed by atoms with Gasteiger partial charge in [-0.3, -0.25) is 19.4 Å². The maximum Gasteiger partial charge on any atom is 0.310 e. The number of carbonyl (C=O) groups excluding carboxylic acids is 3. The number of fused-ring (bicyclic) bond motifs is 8. The zero-order valence-electron chi connectivity index (χ0n) is 31.3. The number of rotatable bonds is 12. The summed E-state index contributed by atoms with van der Waals surface area (Å²) in [6.45, 7) is 17.0. The number of nitrogens with one attached hydrogen (secondary N) is 3. The minimum atomic E-state index is -0.465. The van der Waals surface area contributed by atoms with Crippen LogP contribution in [0.2, 0.25) is 0 Å². The van der Waals surface area contributed by atoms with Gasteiger partial charge in [-0.1, -0.05) is 46.3 Å². The molecule has 0 aromatic carbocycles. The van der Waals surface area contributed by atoms with Crippen molar-refractivity contribution >= 4 is 57.1 Å². The highest BCUT2D eigenvalue weighted by Gasteiger charge is 2.34. The standard InChI is InChI=1S/C41H51N5O5/c1-10-13-14-17-42-41(49)38-25(7)33-21-35-27(12-3)23(5)31(44-35)20-34-26(11-2)22(4)30(43-34)19-32-24(6)28(15-16-36(47)50-8)39(45-32)29(40(38)46-33)18-37(48)51-9/h11,19-21,24,28,43,46H,2,10,12-18H2,1,3-9H3,(H,42,49)/t24-,28-/m0/s1. The Kier molecular flexibility index (Phi) is 11.6. The maximum absolute atomic E-state index is 14.1. The third-order valence-electron chi connectivity index (χ3n) is 10.5. The van der Waals surface area contributed by atoms with Crippen molar-refractivity contribution < 1.29 is 23.9 Å². The Morgan fingerprint density at radius 1 is 0.922 bits per heavy atom. The zero-order chi connectivity index (χ0) is 37.0. The molecule has 2 atom stereocenters. The number of amides is 1. The number of H-pyrrole nitrogens is 2. The van der Waals surface area contributed by atoms with Crippen LogP contribution in [0.25, 0.3) is 39.3 Å². The van der Waals surface area contributed by atoms with Gasteiger partial charge in [-0.15, -0.1) is 0 Å². The normalized spacial score (nSPS) is 15.5. The number of carbonyl (C=O) groups is 3. The van der Waals surface area contributed by atoms with Crippen molar-refractivity contribution in [1.29, 1.82) is 0 Å². The smallest absolute Gasteiger partial charge is 0.310 e. The number of esters is 2. The van der Waals surface area contributed by atoms with Gasteiger partial charge >= 0.3 is 11.9 Å². The second-order valence-corrected chi connectivity index (χ2v) is 13.5. The van der Waals surface area contributed by atoms with Gasteiger partial charge in [0.15, 0.2) is 0 Å². The van der Waals surface area contributed by atoms with Gasteiger partial charge in [0.05, 0.1) is 48.8 Å². The average Bonchev–Trinajstić information content (AvgIpc) is 3.80. The third kappa shape index (κ3) is 7.41. The third-order valence-corrected chi connectivity index (χ3v) is 10.5. The van der Waals surface area contributed by atoms with Crippen molar-refractivity contribution in [3.8, 4) is 0 Å². The Bertz CT molecular complexity index is 2070. The number of unbranched alkanes of at least 4 members (excludes halogenated alkanes) is 2. The minimum Gasteiger partial charge on any atom is -0.469 e. The molecule has 0 saturated heterocycles. The highest BCUT2D eigenvalue weighted by molar-refractivity contribution is 6.06. The maximum atomic E-state index is 14.1. The van der Waals surface area contributed by atoms with E-state index in [9.17, 15) is 14.4 Å². The van der Waals surface area contributed by atoms with Crippen LogP contribution in [0.15, 0.2) is 24.8 Å². The molecule has 5 heterocycles. The first kappa shape index (κ1) is 37.3. The van der Waals surface area contributed by atoms with E-state index in [1.54, 1.807) is 0 Å². The highest BCUT2D eigenvalue weighted by Crippen LogP contribution is 2.43. The summed E-state index contributed by atoms with van der Waals surface area (Å²) in [6.07, 6.45) is 5.99. The van der Waals surface area contributed by atoms with Crippen LogP contribution < -0.4 is 5.32 Å². The summed E-state index contributed by atoms with van der Waals surface area (Å²) in [5, 5.41) is 3.12. The molecule has 1 amide bonds. The van der Waals surface area contributed by atoms with Crippen LogP contribution in [0.4, 0.5) is 0 Å². The van der Waals surface area contributed by atoms with Crippen LogP contribution in [0, 0.1) is 13.8 Å². The van der Waals surface area contributed by atoms with Gasteiger partial charge < -0.3 is 24.8 Å². The monoisotopic (exact) mass is 693 g/mol. The van der Waals surface area contributed by atoms with Crippen LogP contribution in [0.5, 0.6) is 0 Å². The van der Waals surface area contributed by atoms with Gasteiger partial charge in [0, 0.05) is 58.2 Å². The summed E-state index contributed by atoms with van der Waals surface area (Å²) in [6, 6.07) is 6.11. The Morgan fingerprint density at radius 2 is 1.63 bits per heavy atom. The van der Waals surface area contributed by atoms with E-state index in [-0.39, 0.29) is 36.6 Å². The highest BCUT2D eigenvalue weighted by atomic mass is 16.5. The van der Waals surface area contributed by atoms with Gasteiger partial charge in [0.2, 0.25) is 0 Å². The molecule has 0 radical (unpaired) electrons. The fraction of sp³-hybridized carbons (Fsp3) is 0.439. The fourth-order valence-electron chi connectivity index (χ4n) is 7.37. The average molecular weight is 694 g/mol. The molecule has 0 fully saturated rings. The van der Waals surface area contributed by atoms with Crippen molar-refractivity contribution in [1.82, 2.24) is 25.3 Å². The number of ether oxygens (including phenoxy) is 2. The molecule has 2 aliphatic heterocycles. The van der Waals surface area contributed by atoms with Gasteiger partial charge in [-0.25, -0.2) is 4.98 Å². The van der Waals surface area contributed by atoms with Crippen molar-refractivity contribution in [2.24, 2.45) is 0 Å². The number of methoxy groups -OCH3 is 2. The molecule has 3 aromatic rings. The number of allylic oxidation sites excluding steroid dienone is 2. The Labute approximate surface area is 300 Å². The number of hydrogen-bond donors (Lipinski definition) is 3. The Hall–Kier alpha value is -4.99. The molecule has 0 saturated carbocycles. The second kappa shape index (κ2) is 15.9. The van der Waals surface area contributed by atoms with Gasteiger partial charge in [0.1, 0.15) is 0 Å². The Balaban J connectivity index is 1.97. The fourth-order valence-corrected chi connectivity index (χ4v) is 7.37. The summed E-state index contributed by atoms with van der Waals surface area (Å²) in [5.74, 6) is -1.40. The molecule has 270 valence electrons. The van der Waals surface area contributed by atoms with Crippen LogP contribution >= 0.6 is 0 Å². The van der Waals surface area contributed by atoms with Gasteiger partial charge in [-0.05, 0) is 80.5 Å². The summed E-state index contributed by atoms with van der Waals surface area (Å²) in [7, 11) is 2.73. The first-order chi connectivity index (χ1) is 24.5. The zero-order valence-corrected chi connectivity index (χ0v) is 31.3. The predicted molar refractivity (Wildman–Crippen MR) is 203 cm³/mol. The molecule has 51 heavy (non-hydrogen) atoms. The van der Waals surface area contributed by atoms with E-state index in [0.29, 0.717) is 35.3 Å². The van der Waals surface area contributed by atoms with Crippen LogP contribution in [0.3, 0.4) is 0 Å². The molecule has 0 aliphatic carbocycles. The van der Waals surface area contributed by atoms with E-state index in [4.69, 9.17) is 19.4 Å². The number of aromatic nitrogens is 4. The van der Waals surface area contributed by atoms with Crippen molar-refractivity contribution in [2.45, 2.75) is 98.3 Å². The largest absolute Gasteiger partial charge is 0.469 e. The summed E-state index contributed by atoms with van der Waals surface area (Å²) >= 11 is 0. The Morgan fingerprint density at radius 3 is 2.29 bits per heavy atom. The van der Waals surface area contributed by atoms with E-state index in [2.05, 4.69) is 62.5 Å². The van der Waals surface area contributed by atoms with E-state index < -0.39 is 5.97 Å². The van der Waals surface area contributed by atoms with E-state index in [0.717, 1.165) is 87.2 Å². The molecule has 0 unspecified atom stereocenters. The van der Waals surface area contributed by atoms with Crippen molar-refractivity contribution in [3.63, 3.8) is 0 Å². The lowest BCUT2D eigenvalue weighted by Crippen LogP contribution is -2.25. The number of hydrogen-bond acceptors (Lipinski definition) is 7. The number of aromatic amines is 2. The molecular formula is C41H51N5O5. The van der Waals surface area contributed by atoms with Crippen LogP contribution in [-0.4, -0.2) is 58.5 Å². The van der Waals surface area contributed by atoms with Gasteiger partial charge in [0.25, 0.3) is 5.91 Å². The molecule has 3 aromatic heterocycles. The molecule has 10 nitrogen and oxygen atoms in total.